The Bertz CT molecular complexity index is 204. The summed E-state index contributed by atoms with van der Waals surface area (Å²) >= 11 is 0. The van der Waals surface area contributed by atoms with E-state index in [1.54, 1.807) is 0 Å². The first-order valence-corrected chi connectivity index (χ1v) is 6.14. The summed E-state index contributed by atoms with van der Waals surface area (Å²) in [5, 5.41) is 0. The maximum absolute atomic E-state index is 4.92. The van der Waals surface area contributed by atoms with Crippen molar-refractivity contribution in [3.8, 4) is 0 Å². The predicted molar refractivity (Wildman–Crippen MR) is 60.8 cm³/mol. The Hall–Kier alpha value is -0.530. The van der Waals surface area contributed by atoms with Crippen LogP contribution < -0.4 is 0 Å². The second kappa shape index (κ2) is 4.81. The van der Waals surface area contributed by atoms with Crippen molar-refractivity contribution in [1.82, 2.24) is 4.90 Å². The van der Waals surface area contributed by atoms with Crippen molar-refractivity contribution in [3.63, 3.8) is 0 Å². The smallest absolute Gasteiger partial charge is 0.0989 e. The molecule has 1 aliphatic carbocycles. The Morgan fingerprint density at radius 1 is 1.07 bits per heavy atom. The quantitative estimate of drug-likeness (QED) is 0.626. The summed E-state index contributed by atoms with van der Waals surface area (Å²) in [5.74, 6) is 1.38. The average molecular weight is 194 g/mol. The number of hydrogen-bond donors (Lipinski definition) is 0. The van der Waals surface area contributed by atoms with Gasteiger partial charge in [0.15, 0.2) is 0 Å². The van der Waals surface area contributed by atoms with Crippen molar-refractivity contribution in [3.05, 3.63) is 0 Å². The minimum atomic E-state index is 0.652. The Labute approximate surface area is 87.4 Å². The van der Waals surface area contributed by atoms with Crippen molar-refractivity contribution < 1.29 is 0 Å². The molecule has 0 aromatic heterocycles. The molecule has 0 aromatic rings. The molecule has 0 bridgehead atoms. The highest BCUT2D eigenvalue weighted by Crippen LogP contribution is 2.22. The van der Waals surface area contributed by atoms with E-state index in [0.29, 0.717) is 6.04 Å². The first-order chi connectivity index (χ1) is 6.86. The zero-order valence-corrected chi connectivity index (χ0v) is 9.34. The van der Waals surface area contributed by atoms with Crippen LogP contribution >= 0.6 is 0 Å². The van der Waals surface area contributed by atoms with Crippen LogP contribution in [0.3, 0.4) is 0 Å². The molecule has 0 spiro atoms. The fraction of sp³-hybridized carbons (Fsp3) is 0.917. The van der Waals surface area contributed by atoms with E-state index < -0.39 is 0 Å². The number of nitrogens with zero attached hydrogens (tertiary/aromatic N) is 2. The van der Waals surface area contributed by atoms with E-state index in [4.69, 9.17) is 4.99 Å². The molecule has 0 aromatic carbocycles. The van der Waals surface area contributed by atoms with Crippen LogP contribution in [0.4, 0.5) is 0 Å². The van der Waals surface area contributed by atoms with E-state index in [2.05, 4.69) is 11.9 Å². The van der Waals surface area contributed by atoms with E-state index in [0.717, 1.165) is 0 Å². The lowest BCUT2D eigenvalue weighted by molar-refractivity contribution is 0.406. The lowest BCUT2D eigenvalue weighted by Crippen LogP contribution is -2.33. The van der Waals surface area contributed by atoms with Gasteiger partial charge in [-0.15, -0.1) is 0 Å². The van der Waals surface area contributed by atoms with Gasteiger partial charge in [0, 0.05) is 20.0 Å². The zero-order valence-electron chi connectivity index (χ0n) is 9.34. The van der Waals surface area contributed by atoms with Crippen LogP contribution in [-0.4, -0.2) is 30.4 Å². The molecule has 1 saturated carbocycles. The number of hydrogen-bond acceptors (Lipinski definition) is 1. The molecule has 0 radical (unpaired) electrons. The minimum Gasteiger partial charge on any atom is -0.363 e. The first-order valence-electron chi connectivity index (χ1n) is 6.14. The highest BCUT2D eigenvalue weighted by atomic mass is 15.2. The standard InChI is InChI=1S/C12H22N2/c1-14-10-6-5-9-12(14)13-11-7-3-2-4-8-11/h11H,2-10H2,1H3. The molecule has 1 aliphatic heterocycles. The highest BCUT2D eigenvalue weighted by Gasteiger charge is 2.16. The topological polar surface area (TPSA) is 15.6 Å². The third kappa shape index (κ3) is 2.49. The van der Waals surface area contributed by atoms with Gasteiger partial charge in [-0.05, 0) is 25.7 Å². The third-order valence-corrected chi connectivity index (χ3v) is 3.49. The van der Waals surface area contributed by atoms with Gasteiger partial charge in [-0.25, -0.2) is 0 Å². The van der Waals surface area contributed by atoms with Gasteiger partial charge in [0.1, 0.15) is 0 Å². The molecule has 2 heteroatoms. The lowest BCUT2D eigenvalue weighted by atomic mass is 9.96. The Morgan fingerprint density at radius 2 is 1.86 bits per heavy atom. The van der Waals surface area contributed by atoms with Crippen LogP contribution in [0.1, 0.15) is 51.4 Å². The molecule has 14 heavy (non-hydrogen) atoms. The normalized spacial score (nSPS) is 28.4. The average Bonchev–Trinajstić information content (AvgIpc) is 2.23. The van der Waals surface area contributed by atoms with Crippen molar-refractivity contribution in [2.45, 2.75) is 57.4 Å². The van der Waals surface area contributed by atoms with Crippen LogP contribution in [0.5, 0.6) is 0 Å². The van der Waals surface area contributed by atoms with E-state index in [1.165, 1.54) is 63.7 Å². The fourth-order valence-corrected chi connectivity index (χ4v) is 2.54. The summed E-state index contributed by atoms with van der Waals surface area (Å²) < 4.78 is 0. The van der Waals surface area contributed by atoms with E-state index in [1.807, 2.05) is 0 Å². The molecular formula is C12H22N2. The summed E-state index contributed by atoms with van der Waals surface area (Å²) in [6.07, 6.45) is 10.8. The SMILES string of the molecule is CN1CCCCC1=NC1CCCCC1. The summed E-state index contributed by atoms with van der Waals surface area (Å²) in [5.41, 5.74) is 0. The van der Waals surface area contributed by atoms with Crippen LogP contribution in [0.15, 0.2) is 4.99 Å². The zero-order chi connectivity index (χ0) is 9.80. The van der Waals surface area contributed by atoms with E-state index in [9.17, 15) is 0 Å². The van der Waals surface area contributed by atoms with Crippen LogP contribution in [0.25, 0.3) is 0 Å². The summed E-state index contributed by atoms with van der Waals surface area (Å²) in [7, 11) is 2.20. The van der Waals surface area contributed by atoms with Gasteiger partial charge in [0.05, 0.1) is 11.9 Å². The minimum absolute atomic E-state index is 0.652. The van der Waals surface area contributed by atoms with Crippen molar-refractivity contribution in [1.29, 1.82) is 0 Å². The van der Waals surface area contributed by atoms with Gasteiger partial charge in [-0.2, -0.15) is 0 Å². The molecule has 1 heterocycles. The second-order valence-electron chi connectivity index (χ2n) is 4.72. The molecule has 1 saturated heterocycles. The number of likely N-dealkylation sites (tertiary alicyclic amines) is 1. The Kier molecular flexibility index (Phi) is 3.44. The van der Waals surface area contributed by atoms with Gasteiger partial charge in [0.25, 0.3) is 0 Å². The van der Waals surface area contributed by atoms with Crippen molar-refractivity contribution in [2.24, 2.45) is 4.99 Å². The fourth-order valence-electron chi connectivity index (χ4n) is 2.54. The van der Waals surface area contributed by atoms with Gasteiger partial charge in [-0.3, -0.25) is 4.99 Å². The van der Waals surface area contributed by atoms with E-state index >= 15 is 0 Å². The molecule has 0 amide bonds. The van der Waals surface area contributed by atoms with Crippen LogP contribution in [0, 0.1) is 0 Å². The molecular weight excluding hydrogens is 172 g/mol. The van der Waals surface area contributed by atoms with Crippen molar-refractivity contribution >= 4 is 5.84 Å². The molecule has 2 aliphatic rings. The van der Waals surface area contributed by atoms with Gasteiger partial charge < -0.3 is 4.90 Å². The molecule has 80 valence electrons. The monoisotopic (exact) mass is 194 g/mol. The summed E-state index contributed by atoms with van der Waals surface area (Å²) in [4.78, 5) is 7.28. The highest BCUT2D eigenvalue weighted by molar-refractivity contribution is 5.82. The van der Waals surface area contributed by atoms with Crippen molar-refractivity contribution in [2.75, 3.05) is 13.6 Å². The summed E-state index contributed by atoms with van der Waals surface area (Å²) in [6, 6.07) is 0.652. The Morgan fingerprint density at radius 3 is 2.57 bits per heavy atom. The van der Waals surface area contributed by atoms with Crippen LogP contribution in [-0.2, 0) is 0 Å². The van der Waals surface area contributed by atoms with E-state index in [-0.39, 0.29) is 0 Å². The number of rotatable bonds is 1. The lowest BCUT2D eigenvalue weighted by Gasteiger charge is -2.28. The predicted octanol–water partition coefficient (Wildman–Crippen LogP) is 2.83. The van der Waals surface area contributed by atoms with Gasteiger partial charge in [0.2, 0.25) is 0 Å². The molecule has 2 rings (SSSR count). The summed E-state index contributed by atoms with van der Waals surface area (Å²) in [6.45, 7) is 1.21. The maximum Gasteiger partial charge on any atom is 0.0989 e. The number of piperidine rings is 1. The molecule has 0 unspecified atom stereocenters. The van der Waals surface area contributed by atoms with Gasteiger partial charge >= 0.3 is 0 Å². The third-order valence-electron chi connectivity index (χ3n) is 3.49. The number of aliphatic imine (C=N–C) groups is 1. The maximum atomic E-state index is 4.92. The molecule has 0 atom stereocenters. The second-order valence-corrected chi connectivity index (χ2v) is 4.72. The first kappa shape index (κ1) is 10.0. The molecule has 2 fully saturated rings. The van der Waals surface area contributed by atoms with Gasteiger partial charge in [-0.1, -0.05) is 19.3 Å². The molecule has 2 nitrogen and oxygen atoms in total. The Balaban J connectivity index is 1.93. The molecule has 0 N–H and O–H groups in total. The largest absolute Gasteiger partial charge is 0.363 e. The van der Waals surface area contributed by atoms with Crippen LogP contribution in [0.2, 0.25) is 0 Å². The number of amidine groups is 1.